The number of anilines is 2. The van der Waals surface area contributed by atoms with Crippen molar-refractivity contribution in [3.63, 3.8) is 0 Å². The van der Waals surface area contributed by atoms with Crippen LogP contribution in [0.1, 0.15) is 5.56 Å². The fraction of sp³-hybridized carbons (Fsp3) is 0.304. The standard InChI is InChI=1S/C23H21N9O3S/c24-9-14-7-16-1-2-20(32(16)26-10-14)19-8-18(27-15-12-35-13-15)17(11-25-19)21-28-29-22(36-21)30-3-5-31(6-4-30)23(33)34/h1-2,7-8,10-11,15H,3-6,12-13H2,(H,25,27)(H,33,34). The van der Waals surface area contributed by atoms with Crippen LogP contribution in [0.4, 0.5) is 15.6 Å². The average molecular weight is 504 g/mol. The molecule has 2 saturated heterocycles. The summed E-state index contributed by atoms with van der Waals surface area (Å²) in [5.41, 5.74) is 4.55. The summed E-state index contributed by atoms with van der Waals surface area (Å²) in [6, 6.07) is 9.91. The van der Waals surface area contributed by atoms with Crippen molar-refractivity contribution in [2.24, 2.45) is 0 Å². The van der Waals surface area contributed by atoms with Crippen molar-refractivity contribution in [3.05, 3.63) is 42.2 Å². The molecule has 0 saturated carbocycles. The topological polar surface area (TPSA) is 145 Å². The number of aromatic nitrogens is 5. The van der Waals surface area contributed by atoms with E-state index in [4.69, 9.17) is 15.0 Å². The number of carbonyl (C=O) groups is 1. The molecule has 0 radical (unpaired) electrons. The molecule has 2 fully saturated rings. The fourth-order valence-electron chi connectivity index (χ4n) is 4.22. The van der Waals surface area contributed by atoms with Gasteiger partial charge in [0.1, 0.15) is 6.07 Å². The number of hydrogen-bond donors (Lipinski definition) is 2. The van der Waals surface area contributed by atoms with Crippen LogP contribution in [-0.2, 0) is 4.74 Å². The summed E-state index contributed by atoms with van der Waals surface area (Å²) >= 11 is 1.46. The molecular weight excluding hydrogens is 482 g/mol. The number of pyridine rings is 1. The molecule has 1 amide bonds. The predicted molar refractivity (Wildman–Crippen MR) is 132 cm³/mol. The maximum absolute atomic E-state index is 11.2. The van der Waals surface area contributed by atoms with Crippen molar-refractivity contribution in [1.82, 2.24) is 29.7 Å². The maximum atomic E-state index is 11.2. The Hall–Kier alpha value is -4.28. The number of nitrogens with one attached hydrogen (secondary N) is 1. The van der Waals surface area contributed by atoms with Gasteiger partial charge in [0.25, 0.3) is 0 Å². The van der Waals surface area contributed by atoms with Crippen LogP contribution < -0.4 is 10.2 Å². The molecule has 6 rings (SSSR count). The zero-order valence-corrected chi connectivity index (χ0v) is 19.9. The van der Waals surface area contributed by atoms with E-state index < -0.39 is 6.09 Å². The average Bonchev–Trinajstić information content (AvgIpc) is 3.53. The Morgan fingerprint density at radius 3 is 2.72 bits per heavy atom. The second-order valence-corrected chi connectivity index (χ2v) is 9.51. The van der Waals surface area contributed by atoms with Gasteiger partial charge in [-0.15, -0.1) is 10.2 Å². The van der Waals surface area contributed by atoms with Crippen molar-refractivity contribution in [2.75, 3.05) is 49.6 Å². The molecule has 6 heterocycles. The number of carboxylic acid groups (broad SMARTS) is 1. The summed E-state index contributed by atoms with van der Waals surface area (Å²) in [7, 11) is 0. The molecule has 12 nitrogen and oxygen atoms in total. The molecule has 36 heavy (non-hydrogen) atoms. The summed E-state index contributed by atoms with van der Waals surface area (Å²) in [5, 5.41) is 36.6. The Balaban J connectivity index is 1.32. The van der Waals surface area contributed by atoms with Crippen molar-refractivity contribution >= 4 is 33.8 Å². The SMILES string of the molecule is N#Cc1cnn2c(-c3cc(NC4COC4)c(-c4nnc(N5CCN(C(=O)O)CC5)s4)cn3)ccc2c1. The van der Waals surface area contributed by atoms with Gasteiger partial charge in [-0.25, -0.2) is 9.31 Å². The summed E-state index contributed by atoms with van der Waals surface area (Å²) in [4.78, 5) is 19.4. The molecule has 0 aliphatic carbocycles. The molecule has 0 atom stereocenters. The Morgan fingerprint density at radius 1 is 1.17 bits per heavy atom. The molecular formula is C23H21N9O3S. The normalized spacial score (nSPS) is 16.1. The van der Waals surface area contributed by atoms with Gasteiger partial charge in [-0.05, 0) is 24.3 Å². The Bertz CT molecular complexity index is 1480. The van der Waals surface area contributed by atoms with E-state index in [0.717, 1.165) is 38.3 Å². The first-order chi connectivity index (χ1) is 17.6. The first-order valence-electron chi connectivity index (χ1n) is 11.4. The molecule has 0 aromatic carbocycles. The van der Waals surface area contributed by atoms with E-state index in [1.165, 1.54) is 22.4 Å². The monoisotopic (exact) mass is 503 g/mol. The first-order valence-corrected chi connectivity index (χ1v) is 12.2. The van der Waals surface area contributed by atoms with Gasteiger partial charge in [0.05, 0.1) is 53.5 Å². The van der Waals surface area contributed by atoms with E-state index in [2.05, 4.69) is 31.6 Å². The number of amides is 1. The van der Waals surface area contributed by atoms with Crippen molar-refractivity contribution < 1.29 is 14.6 Å². The lowest BCUT2D eigenvalue weighted by Crippen LogP contribution is -2.48. The third kappa shape index (κ3) is 4.06. The van der Waals surface area contributed by atoms with E-state index in [0.29, 0.717) is 45.0 Å². The molecule has 0 spiro atoms. The lowest BCUT2D eigenvalue weighted by atomic mass is 10.1. The largest absolute Gasteiger partial charge is 0.465 e. The summed E-state index contributed by atoms with van der Waals surface area (Å²) in [6.45, 7) is 3.26. The minimum Gasteiger partial charge on any atom is -0.465 e. The van der Waals surface area contributed by atoms with E-state index >= 15 is 0 Å². The van der Waals surface area contributed by atoms with Gasteiger partial charge in [0.15, 0.2) is 5.01 Å². The summed E-state index contributed by atoms with van der Waals surface area (Å²) < 4.78 is 7.11. The van der Waals surface area contributed by atoms with Gasteiger partial charge in [0, 0.05) is 38.1 Å². The lowest BCUT2D eigenvalue weighted by molar-refractivity contribution is 0.0211. The second-order valence-electron chi connectivity index (χ2n) is 8.55. The maximum Gasteiger partial charge on any atom is 0.407 e. The molecule has 2 N–H and O–H groups in total. The predicted octanol–water partition coefficient (Wildman–Crippen LogP) is 2.40. The van der Waals surface area contributed by atoms with Crippen LogP contribution >= 0.6 is 11.3 Å². The van der Waals surface area contributed by atoms with Crippen LogP contribution in [0, 0.1) is 11.3 Å². The molecule has 182 valence electrons. The third-order valence-corrected chi connectivity index (χ3v) is 7.28. The van der Waals surface area contributed by atoms with E-state index in [1.54, 1.807) is 16.8 Å². The molecule has 2 aliphatic heterocycles. The minimum absolute atomic E-state index is 0.191. The molecule has 0 bridgehead atoms. The van der Waals surface area contributed by atoms with Crippen molar-refractivity contribution in [2.45, 2.75) is 6.04 Å². The Morgan fingerprint density at radius 2 is 2.00 bits per heavy atom. The number of ether oxygens (including phenoxy) is 1. The Kier molecular flexibility index (Phi) is 5.59. The van der Waals surface area contributed by atoms with Crippen LogP contribution in [0.3, 0.4) is 0 Å². The first kappa shape index (κ1) is 22.2. The van der Waals surface area contributed by atoms with Gasteiger partial charge in [-0.1, -0.05) is 11.3 Å². The van der Waals surface area contributed by atoms with E-state index in [-0.39, 0.29) is 6.04 Å². The van der Waals surface area contributed by atoms with Crippen LogP contribution in [0.25, 0.3) is 27.5 Å². The number of nitriles is 1. The summed E-state index contributed by atoms with van der Waals surface area (Å²) in [5.74, 6) is 0. The van der Waals surface area contributed by atoms with Gasteiger partial charge in [-0.2, -0.15) is 10.4 Å². The van der Waals surface area contributed by atoms with Gasteiger partial charge >= 0.3 is 6.09 Å². The van der Waals surface area contributed by atoms with Crippen LogP contribution in [0.15, 0.2) is 36.7 Å². The highest BCUT2D eigenvalue weighted by molar-refractivity contribution is 7.18. The number of fused-ring (bicyclic) bond motifs is 1. The minimum atomic E-state index is -0.897. The molecule has 4 aromatic heterocycles. The van der Waals surface area contributed by atoms with E-state index in [1.807, 2.05) is 18.2 Å². The molecule has 2 aliphatic rings. The number of piperazine rings is 1. The fourth-order valence-corrected chi connectivity index (χ4v) is 5.14. The van der Waals surface area contributed by atoms with Crippen LogP contribution in [0.5, 0.6) is 0 Å². The number of hydrogen-bond acceptors (Lipinski definition) is 10. The van der Waals surface area contributed by atoms with Crippen molar-refractivity contribution in [3.8, 4) is 28.0 Å². The Labute approximate surface area is 209 Å². The molecule has 13 heteroatoms. The quantitative estimate of drug-likeness (QED) is 0.416. The highest BCUT2D eigenvalue weighted by Gasteiger charge is 2.25. The zero-order chi connectivity index (χ0) is 24.6. The van der Waals surface area contributed by atoms with E-state index in [9.17, 15) is 9.90 Å². The number of rotatable bonds is 5. The second kappa shape index (κ2) is 9.06. The van der Waals surface area contributed by atoms with Crippen LogP contribution in [-0.4, -0.2) is 86.3 Å². The summed E-state index contributed by atoms with van der Waals surface area (Å²) in [6.07, 6.45) is 2.42. The van der Waals surface area contributed by atoms with Crippen LogP contribution in [0.2, 0.25) is 0 Å². The molecule has 0 unspecified atom stereocenters. The highest BCUT2D eigenvalue weighted by atomic mass is 32.1. The van der Waals surface area contributed by atoms with Gasteiger partial charge < -0.3 is 25.0 Å². The number of nitrogens with zero attached hydrogens (tertiary/aromatic N) is 8. The lowest BCUT2D eigenvalue weighted by Gasteiger charge is -2.32. The smallest absolute Gasteiger partial charge is 0.407 e. The van der Waals surface area contributed by atoms with Crippen molar-refractivity contribution in [1.29, 1.82) is 5.26 Å². The van der Waals surface area contributed by atoms with Gasteiger partial charge in [0.2, 0.25) is 5.13 Å². The van der Waals surface area contributed by atoms with Gasteiger partial charge in [-0.3, -0.25) is 4.98 Å². The third-order valence-electron chi connectivity index (χ3n) is 6.26. The molecule has 4 aromatic rings. The highest BCUT2D eigenvalue weighted by Crippen LogP contribution is 2.36. The zero-order valence-electron chi connectivity index (χ0n) is 19.0.